The maximum absolute atomic E-state index is 12.9. The number of phenols is 1. The van der Waals surface area contributed by atoms with Crippen molar-refractivity contribution in [1.29, 1.82) is 0 Å². The van der Waals surface area contributed by atoms with Gasteiger partial charge >= 0.3 is 6.03 Å². The number of hydrogen-bond acceptors (Lipinski definition) is 4. The summed E-state index contributed by atoms with van der Waals surface area (Å²) in [7, 11) is 0. The molecule has 6 nitrogen and oxygen atoms in total. The molecule has 152 valence electrons. The molecule has 2 rings (SSSR count). The minimum atomic E-state index is -0.290. The number of nitrogens with zero attached hydrogens (tertiary/aromatic N) is 1. The van der Waals surface area contributed by atoms with E-state index in [9.17, 15) is 9.90 Å². The van der Waals surface area contributed by atoms with Crippen LogP contribution in [0.1, 0.15) is 25.8 Å². The van der Waals surface area contributed by atoms with Crippen LogP contribution >= 0.6 is 11.6 Å². The lowest BCUT2D eigenvalue weighted by Crippen LogP contribution is -2.35. The highest BCUT2D eigenvalue weighted by Gasteiger charge is 2.18. The Bertz CT molecular complexity index is 770. The molecule has 0 atom stereocenters. The number of ether oxygens (including phenoxy) is 2. The van der Waals surface area contributed by atoms with Crippen LogP contribution in [0.4, 0.5) is 10.5 Å². The van der Waals surface area contributed by atoms with Crippen LogP contribution in [0.2, 0.25) is 5.02 Å². The van der Waals surface area contributed by atoms with Crippen molar-refractivity contribution in [3.8, 4) is 11.5 Å². The lowest BCUT2D eigenvalue weighted by molar-refractivity contribution is 0.110. The molecule has 7 heteroatoms. The second-order valence-electron chi connectivity index (χ2n) is 6.14. The molecule has 28 heavy (non-hydrogen) atoms. The first-order valence-electron chi connectivity index (χ1n) is 9.38. The van der Waals surface area contributed by atoms with E-state index in [0.717, 1.165) is 6.42 Å². The summed E-state index contributed by atoms with van der Waals surface area (Å²) in [5, 5.41) is 13.3. The summed E-state index contributed by atoms with van der Waals surface area (Å²) in [6, 6.07) is 11.9. The molecule has 0 aliphatic rings. The largest absolute Gasteiger partial charge is 0.508 e. The highest BCUT2D eigenvalue weighted by atomic mass is 35.5. The number of amides is 2. The Morgan fingerprint density at radius 1 is 1.14 bits per heavy atom. The Hall–Kier alpha value is -2.44. The molecule has 0 bridgehead atoms. The van der Waals surface area contributed by atoms with Crippen molar-refractivity contribution in [3.63, 3.8) is 0 Å². The molecule has 2 aromatic rings. The zero-order valence-corrected chi connectivity index (χ0v) is 17.0. The van der Waals surface area contributed by atoms with Gasteiger partial charge in [-0.05, 0) is 31.5 Å². The van der Waals surface area contributed by atoms with Crippen LogP contribution in [0.25, 0.3) is 0 Å². The number of rotatable bonds is 10. The Balaban J connectivity index is 2.12. The van der Waals surface area contributed by atoms with E-state index in [2.05, 4.69) is 5.32 Å². The van der Waals surface area contributed by atoms with Crippen molar-refractivity contribution < 1.29 is 19.4 Å². The smallest absolute Gasteiger partial charge is 0.322 e. The molecule has 2 amide bonds. The maximum atomic E-state index is 12.9. The van der Waals surface area contributed by atoms with Gasteiger partial charge in [0.25, 0.3) is 0 Å². The van der Waals surface area contributed by atoms with Crippen LogP contribution in [0.5, 0.6) is 11.5 Å². The molecule has 0 spiro atoms. The quantitative estimate of drug-likeness (QED) is 0.550. The van der Waals surface area contributed by atoms with Crippen molar-refractivity contribution in [2.24, 2.45) is 0 Å². The molecule has 0 aliphatic carbocycles. The number of phenolic OH excluding ortho intramolecular Hbond substituents is 1. The summed E-state index contributed by atoms with van der Waals surface area (Å²) < 4.78 is 11.0. The number of para-hydroxylation sites is 2. The fraction of sp³-hybridized carbons (Fsp3) is 0.381. The van der Waals surface area contributed by atoms with Crippen molar-refractivity contribution in [1.82, 2.24) is 4.90 Å². The SMILES string of the molecule is CCCN(Cc1ccccc1O)C(=O)Nc1cccc(Cl)c1OCCOCC. The Morgan fingerprint density at radius 2 is 1.93 bits per heavy atom. The number of carbonyl (C=O) groups excluding carboxylic acids is 1. The maximum Gasteiger partial charge on any atom is 0.322 e. The lowest BCUT2D eigenvalue weighted by Gasteiger charge is -2.24. The molecule has 0 saturated carbocycles. The van der Waals surface area contributed by atoms with Crippen molar-refractivity contribution >= 4 is 23.3 Å². The number of hydrogen-bond donors (Lipinski definition) is 2. The number of aromatic hydroxyl groups is 1. The van der Waals surface area contributed by atoms with E-state index >= 15 is 0 Å². The second-order valence-corrected chi connectivity index (χ2v) is 6.55. The van der Waals surface area contributed by atoms with Gasteiger partial charge in [-0.25, -0.2) is 4.79 Å². The van der Waals surface area contributed by atoms with Gasteiger partial charge in [0, 0.05) is 18.7 Å². The fourth-order valence-electron chi connectivity index (χ4n) is 2.67. The fourth-order valence-corrected chi connectivity index (χ4v) is 2.90. The lowest BCUT2D eigenvalue weighted by atomic mass is 10.2. The number of anilines is 1. The van der Waals surface area contributed by atoms with Crippen molar-refractivity contribution in [3.05, 3.63) is 53.1 Å². The van der Waals surface area contributed by atoms with Crippen molar-refractivity contribution in [2.75, 3.05) is 31.7 Å². The predicted octanol–water partition coefficient (Wildman–Crippen LogP) is 4.91. The summed E-state index contributed by atoms with van der Waals surface area (Å²) in [5.74, 6) is 0.579. The van der Waals surface area contributed by atoms with Gasteiger partial charge in [-0.2, -0.15) is 0 Å². The minimum Gasteiger partial charge on any atom is -0.508 e. The van der Waals surface area contributed by atoms with E-state index in [0.29, 0.717) is 54.9 Å². The zero-order chi connectivity index (χ0) is 20.4. The molecular weight excluding hydrogens is 380 g/mol. The first-order valence-corrected chi connectivity index (χ1v) is 9.76. The molecule has 0 aromatic heterocycles. The van der Waals surface area contributed by atoms with Crippen LogP contribution in [-0.4, -0.2) is 42.4 Å². The van der Waals surface area contributed by atoms with Crippen LogP contribution in [0, 0.1) is 0 Å². The molecule has 0 unspecified atom stereocenters. The van der Waals surface area contributed by atoms with Crippen LogP contribution < -0.4 is 10.1 Å². The first kappa shape index (κ1) is 21.9. The molecule has 0 heterocycles. The summed E-state index contributed by atoms with van der Waals surface area (Å²) in [6.45, 7) is 6.12. The second kappa shape index (κ2) is 11.4. The number of urea groups is 1. The molecule has 2 N–H and O–H groups in total. The summed E-state index contributed by atoms with van der Waals surface area (Å²) in [5.41, 5.74) is 1.18. The highest BCUT2D eigenvalue weighted by molar-refractivity contribution is 6.32. The third-order valence-corrected chi connectivity index (χ3v) is 4.32. The minimum absolute atomic E-state index is 0.166. The highest BCUT2D eigenvalue weighted by Crippen LogP contribution is 2.33. The monoisotopic (exact) mass is 406 g/mol. The summed E-state index contributed by atoms with van der Waals surface area (Å²) >= 11 is 6.25. The van der Waals surface area contributed by atoms with E-state index in [4.69, 9.17) is 21.1 Å². The van der Waals surface area contributed by atoms with Gasteiger partial charge in [-0.1, -0.05) is 42.8 Å². The van der Waals surface area contributed by atoms with E-state index in [1.54, 1.807) is 41.3 Å². The van der Waals surface area contributed by atoms with Crippen LogP contribution in [0.3, 0.4) is 0 Å². The average Bonchev–Trinajstić information content (AvgIpc) is 2.68. The Labute approximate surface area is 171 Å². The van der Waals surface area contributed by atoms with E-state index < -0.39 is 0 Å². The number of benzene rings is 2. The van der Waals surface area contributed by atoms with E-state index in [1.165, 1.54) is 0 Å². The molecule has 2 aromatic carbocycles. The van der Waals surface area contributed by atoms with Crippen LogP contribution in [0.15, 0.2) is 42.5 Å². The number of carbonyl (C=O) groups is 1. The topological polar surface area (TPSA) is 71.0 Å². The van der Waals surface area contributed by atoms with Gasteiger partial charge in [0.15, 0.2) is 5.75 Å². The molecule has 0 aliphatic heterocycles. The summed E-state index contributed by atoms with van der Waals surface area (Å²) in [4.78, 5) is 14.5. The third-order valence-electron chi connectivity index (χ3n) is 4.02. The van der Waals surface area contributed by atoms with Gasteiger partial charge in [-0.15, -0.1) is 0 Å². The van der Waals surface area contributed by atoms with E-state index in [-0.39, 0.29) is 11.8 Å². The predicted molar refractivity (Wildman–Crippen MR) is 111 cm³/mol. The van der Waals surface area contributed by atoms with Crippen LogP contribution in [-0.2, 0) is 11.3 Å². The Morgan fingerprint density at radius 3 is 2.64 bits per heavy atom. The average molecular weight is 407 g/mol. The molecule has 0 radical (unpaired) electrons. The van der Waals surface area contributed by atoms with Gasteiger partial charge in [-0.3, -0.25) is 0 Å². The zero-order valence-electron chi connectivity index (χ0n) is 16.3. The third kappa shape index (κ3) is 6.32. The van der Waals surface area contributed by atoms with E-state index in [1.807, 2.05) is 19.9 Å². The molecular formula is C21H27ClN2O4. The van der Waals surface area contributed by atoms with Gasteiger partial charge in [0.1, 0.15) is 12.4 Å². The molecule has 0 saturated heterocycles. The van der Waals surface area contributed by atoms with Gasteiger partial charge in [0.05, 0.1) is 23.9 Å². The number of halogens is 1. The van der Waals surface area contributed by atoms with Crippen molar-refractivity contribution in [2.45, 2.75) is 26.8 Å². The number of nitrogens with one attached hydrogen (secondary N) is 1. The first-order chi connectivity index (χ1) is 13.6. The normalized spacial score (nSPS) is 10.5. The molecule has 0 fully saturated rings. The van der Waals surface area contributed by atoms with Gasteiger partial charge in [0.2, 0.25) is 0 Å². The van der Waals surface area contributed by atoms with Gasteiger partial charge < -0.3 is 24.8 Å². The standard InChI is InChI=1S/C21H27ClN2O4/c1-3-12-24(15-16-8-5-6-11-19(16)25)21(26)23-18-10-7-9-17(22)20(18)28-14-13-27-4-2/h5-11,25H,3-4,12-15H2,1-2H3,(H,23,26). The Kier molecular flexibility index (Phi) is 8.91. The summed E-state index contributed by atoms with van der Waals surface area (Å²) in [6.07, 6.45) is 0.786.